The summed E-state index contributed by atoms with van der Waals surface area (Å²) in [5.74, 6) is -0.266. The molecular formula is C16H18FNO. The summed E-state index contributed by atoms with van der Waals surface area (Å²) in [4.78, 5) is 0. The largest absolute Gasteiger partial charge is 0.394 e. The number of halogens is 1. The Balaban J connectivity index is 2.22. The molecule has 0 saturated heterocycles. The van der Waals surface area contributed by atoms with Gasteiger partial charge in [0.2, 0.25) is 0 Å². The first-order valence-electron chi connectivity index (χ1n) is 6.29. The monoisotopic (exact) mass is 259 g/mol. The summed E-state index contributed by atoms with van der Waals surface area (Å²) >= 11 is 0. The molecule has 0 aliphatic heterocycles. The summed E-state index contributed by atoms with van der Waals surface area (Å²) in [6.45, 7) is 4.05. The zero-order valence-electron chi connectivity index (χ0n) is 11.2. The van der Waals surface area contributed by atoms with Crippen molar-refractivity contribution in [1.29, 1.82) is 0 Å². The molecule has 2 rings (SSSR count). The molecule has 0 bridgehead atoms. The molecule has 0 fully saturated rings. The molecule has 2 aromatic rings. The number of aryl methyl sites for hydroxylation is 2. The number of aliphatic hydroxyl groups excluding tert-OH is 1. The lowest BCUT2D eigenvalue weighted by molar-refractivity contribution is 0.276. The van der Waals surface area contributed by atoms with Gasteiger partial charge in [-0.05, 0) is 43.7 Å². The van der Waals surface area contributed by atoms with Crippen LogP contribution in [0.2, 0.25) is 0 Å². The van der Waals surface area contributed by atoms with Gasteiger partial charge in [-0.1, -0.05) is 29.3 Å². The first-order chi connectivity index (χ1) is 9.08. The van der Waals surface area contributed by atoms with Crippen LogP contribution in [0.4, 0.5) is 10.1 Å². The quantitative estimate of drug-likeness (QED) is 0.879. The van der Waals surface area contributed by atoms with Crippen LogP contribution in [0.1, 0.15) is 22.7 Å². The molecule has 1 unspecified atom stereocenters. The standard InChI is InChI=1S/C16H18FNO/c1-11-7-12(2)9-13(8-11)16(10-19)18-15-5-3-14(17)4-6-15/h3-9,16,18-19H,10H2,1-2H3. The number of rotatable bonds is 4. The fourth-order valence-electron chi connectivity index (χ4n) is 2.19. The van der Waals surface area contributed by atoms with Gasteiger partial charge in [0.15, 0.2) is 0 Å². The summed E-state index contributed by atoms with van der Waals surface area (Å²) in [5.41, 5.74) is 4.15. The van der Waals surface area contributed by atoms with E-state index in [9.17, 15) is 9.50 Å². The molecule has 3 heteroatoms. The van der Waals surface area contributed by atoms with Gasteiger partial charge in [0.05, 0.1) is 12.6 Å². The Morgan fingerprint density at radius 3 is 2.16 bits per heavy atom. The van der Waals surface area contributed by atoms with E-state index in [1.165, 1.54) is 12.1 Å². The van der Waals surface area contributed by atoms with Crippen molar-refractivity contribution in [2.24, 2.45) is 0 Å². The topological polar surface area (TPSA) is 32.3 Å². The number of anilines is 1. The number of hydrogen-bond donors (Lipinski definition) is 2. The molecule has 0 aliphatic rings. The van der Waals surface area contributed by atoms with Gasteiger partial charge in [0.1, 0.15) is 5.82 Å². The molecule has 2 N–H and O–H groups in total. The molecule has 0 radical (unpaired) electrons. The molecule has 100 valence electrons. The van der Waals surface area contributed by atoms with E-state index in [0.717, 1.165) is 22.4 Å². The minimum Gasteiger partial charge on any atom is -0.394 e. The summed E-state index contributed by atoms with van der Waals surface area (Å²) in [6, 6.07) is 12.1. The fraction of sp³-hybridized carbons (Fsp3) is 0.250. The second-order valence-electron chi connectivity index (χ2n) is 4.81. The van der Waals surface area contributed by atoms with Gasteiger partial charge in [-0.25, -0.2) is 4.39 Å². The molecule has 0 aliphatic carbocycles. The Kier molecular flexibility index (Phi) is 4.17. The Labute approximate surface area is 112 Å². The van der Waals surface area contributed by atoms with Crippen molar-refractivity contribution in [2.45, 2.75) is 19.9 Å². The maximum Gasteiger partial charge on any atom is 0.123 e. The van der Waals surface area contributed by atoms with Crippen LogP contribution in [0, 0.1) is 19.7 Å². The third-order valence-corrected chi connectivity index (χ3v) is 3.01. The Bertz CT molecular complexity index is 531. The number of benzene rings is 2. The molecule has 2 aromatic carbocycles. The van der Waals surface area contributed by atoms with Gasteiger partial charge in [-0.15, -0.1) is 0 Å². The van der Waals surface area contributed by atoms with E-state index in [1.807, 2.05) is 26.0 Å². The van der Waals surface area contributed by atoms with Crippen LogP contribution < -0.4 is 5.32 Å². The highest BCUT2D eigenvalue weighted by atomic mass is 19.1. The van der Waals surface area contributed by atoms with E-state index >= 15 is 0 Å². The van der Waals surface area contributed by atoms with E-state index in [0.29, 0.717) is 0 Å². The van der Waals surface area contributed by atoms with Gasteiger partial charge < -0.3 is 10.4 Å². The Morgan fingerprint density at radius 2 is 1.63 bits per heavy atom. The Morgan fingerprint density at radius 1 is 1.05 bits per heavy atom. The lowest BCUT2D eigenvalue weighted by atomic mass is 10.0. The third-order valence-electron chi connectivity index (χ3n) is 3.01. The van der Waals surface area contributed by atoms with Gasteiger partial charge in [0, 0.05) is 5.69 Å². The average molecular weight is 259 g/mol. The van der Waals surface area contributed by atoms with Gasteiger partial charge in [0.25, 0.3) is 0 Å². The zero-order chi connectivity index (χ0) is 13.8. The maximum atomic E-state index is 12.9. The summed E-state index contributed by atoms with van der Waals surface area (Å²) in [5, 5.41) is 12.8. The van der Waals surface area contributed by atoms with Gasteiger partial charge in [-0.2, -0.15) is 0 Å². The zero-order valence-corrected chi connectivity index (χ0v) is 11.2. The van der Waals surface area contributed by atoms with Crippen LogP contribution in [0.3, 0.4) is 0 Å². The van der Waals surface area contributed by atoms with Crippen LogP contribution in [0.25, 0.3) is 0 Å². The van der Waals surface area contributed by atoms with E-state index in [2.05, 4.69) is 11.4 Å². The van der Waals surface area contributed by atoms with Gasteiger partial charge in [-0.3, -0.25) is 0 Å². The van der Waals surface area contributed by atoms with E-state index in [4.69, 9.17) is 0 Å². The second-order valence-corrected chi connectivity index (χ2v) is 4.81. The highest BCUT2D eigenvalue weighted by molar-refractivity contribution is 5.46. The van der Waals surface area contributed by atoms with Crippen molar-refractivity contribution in [3.63, 3.8) is 0 Å². The van der Waals surface area contributed by atoms with Crippen molar-refractivity contribution in [1.82, 2.24) is 0 Å². The minimum absolute atomic E-state index is 0.0136. The summed E-state index contributed by atoms with van der Waals surface area (Å²) < 4.78 is 12.9. The molecule has 0 spiro atoms. The summed E-state index contributed by atoms with van der Waals surface area (Å²) in [6.07, 6.45) is 0. The summed E-state index contributed by atoms with van der Waals surface area (Å²) in [7, 11) is 0. The normalized spacial score (nSPS) is 12.2. The van der Waals surface area contributed by atoms with Crippen LogP contribution in [0.15, 0.2) is 42.5 Å². The van der Waals surface area contributed by atoms with E-state index < -0.39 is 0 Å². The van der Waals surface area contributed by atoms with Crippen molar-refractivity contribution < 1.29 is 9.50 Å². The van der Waals surface area contributed by atoms with Crippen molar-refractivity contribution in [3.05, 3.63) is 65.0 Å². The molecular weight excluding hydrogens is 241 g/mol. The molecule has 0 amide bonds. The first-order valence-corrected chi connectivity index (χ1v) is 6.29. The number of hydrogen-bond acceptors (Lipinski definition) is 2. The lowest BCUT2D eigenvalue weighted by Crippen LogP contribution is -2.15. The van der Waals surface area contributed by atoms with Crippen LogP contribution >= 0.6 is 0 Å². The molecule has 2 nitrogen and oxygen atoms in total. The number of aliphatic hydroxyl groups is 1. The van der Waals surface area contributed by atoms with Crippen molar-refractivity contribution in [3.8, 4) is 0 Å². The third kappa shape index (κ3) is 3.55. The number of nitrogens with one attached hydrogen (secondary N) is 1. The molecule has 0 heterocycles. The molecule has 0 aromatic heterocycles. The Hall–Kier alpha value is -1.87. The molecule has 1 atom stereocenters. The predicted octanol–water partition coefficient (Wildman–Crippen LogP) is 3.59. The van der Waals surface area contributed by atoms with Gasteiger partial charge >= 0.3 is 0 Å². The van der Waals surface area contributed by atoms with E-state index in [1.54, 1.807) is 12.1 Å². The van der Waals surface area contributed by atoms with Crippen LogP contribution in [-0.4, -0.2) is 11.7 Å². The predicted molar refractivity (Wildman–Crippen MR) is 75.8 cm³/mol. The maximum absolute atomic E-state index is 12.9. The smallest absolute Gasteiger partial charge is 0.123 e. The van der Waals surface area contributed by atoms with E-state index in [-0.39, 0.29) is 18.5 Å². The highest BCUT2D eigenvalue weighted by Gasteiger charge is 2.11. The van der Waals surface area contributed by atoms with Crippen LogP contribution in [0.5, 0.6) is 0 Å². The fourth-order valence-corrected chi connectivity index (χ4v) is 2.19. The van der Waals surface area contributed by atoms with Crippen molar-refractivity contribution in [2.75, 3.05) is 11.9 Å². The molecule has 19 heavy (non-hydrogen) atoms. The second kappa shape index (κ2) is 5.85. The SMILES string of the molecule is Cc1cc(C)cc(C(CO)Nc2ccc(F)cc2)c1. The van der Waals surface area contributed by atoms with Crippen LogP contribution in [-0.2, 0) is 0 Å². The molecule has 0 saturated carbocycles. The average Bonchev–Trinajstić information content (AvgIpc) is 2.37. The van der Waals surface area contributed by atoms with Crippen molar-refractivity contribution >= 4 is 5.69 Å². The minimum atomic E-state index is -0.266. The lowest BCUT2D eigenvalue weighted by Gasteiger charge is -2.19. The first kappa shape index (κ1) is 13.6. The highest BCUT2D eigenvalue weighted by Crippen LogP contribution is 2.21.